The number of nitrogens with zero attached hydrogens (tertiary/aromatic N) is 4. The highest BCUT2D eigenvalue weighted by Crippen LogP contribution is 2.32. The lowest BCUT2D eigenvalue weighted by Gasteiger charge is -2.12. The van der Waals surface area contributed by atoms with Crippen LogP contribution in [-0.4, -0.2) is 31.3 Å². The summed E-state index contributed by atoms with van der Waals surface area (Å²) in [6.45, 7) is 3.99. The van der Waals surface area contributed by atoms with Crippen LogP contribution in [-0.2, 0) is 0 Å². The van der Waals surface area contributed by atoms with Gasteiger partial charge in [0.1, 0.15) is 11.5 Å². The molecule has 4 rings (SSSR count). The average Bonchev–Trinajstić information content (AvgIpc) is 3.34. The van der Waals surface area contributed by atoms with Crippen LogP contribution in [0, 0.1) is 12.8 Å². The van der Waals surface area contributed by atoms with Crippen LogP contribution in [0.2, 0.25) is 5.15 Å². The quantitative estimate of drug-likeness (QED) is 0.729. The third-order valence-corrected chi connectivity index (χ3v) is 4.83. The molecule has 1 saturated carbocycles. The highest BCUT2D eigenvalue weighted by Gasteiger charge is 2.30. The van der Waals surface area contributed by atoms with E-state index in [1.165, 1.54) is 12.8 Å². The Labute approximate surface area is 150 Å². The van der Waals surface area contributed by atoms with Crippen molar-refractivity contribution < 1.29 is 4.79 Å². The molecule has 3 heterocycles. The van der Waals surface area contributed by atoms with Gasteiger partial charge in [0.15, 0.2) is 11.3 Å². The van der Waals surface area contributed by atoms with Crippen molar-refractivity contribution in [1.29, 1.82) is 0 Å². The van der Waals surface area contributed by atoms with E-state index in [1.807, 2.05) is 30.4 Å². The molecule has 6 nitrogen and oxygen atoms in total. The van der Waals surface area contributed by atoms with Gasteiger partial charge < -0.3 is 5.32 Å². The van der Waals surface area contributed by atoms with Crippen molar-refractivity contribution in [3.63, 3.8) is 0 Å². The van der Waals surface area contributed by atoms with E-state index in [9.17, 15) is 4.79 Å². The lowest BCUT2D eigenvalue weighted by molar-refractivity contribution is 0.0933. The lowest BCUT2D eigenvalue weighted by Crippen LogP contribution is -2.34. The summed E-state index contributed by atoms with van der Waals surface area (Å²) < 4.78 is 1.82. The highest BCUT2D eigenvalue weighted by atomic mass is 35.5. The number of carbonyl (C=O) groups is 1. The number of nitrogens with one attached hydrogen (secondary N) is 1. The Morgan fingerprint density at radius 2 is 2.16 bits per heavy atom. The number of fused-ring (bicyclic) bond motifs is 1. The van der Waals surface area contributed by atoms with Crippen LogP contribution in [0.25, 0.3) is 16.9 Å². The molecule has 1 amide bonds. The van der Waals surface area contributed by atoms with Crippen molar-refractivity contribution in [3.05, 3.63) is 47.3 Å². The molecule has 128 valence electrons. The Balaban J connectivity index is 1.74. The SMILES string of the molecule is Cc1cc(-c2ccnc(Cl)c2)nc2c(C(=O)N[C@@H](C)C3CC3)ncn12. The Morgan fingerprint density at radius 1 is 1.36 bits per heavy atom. The van der Waals surface area contributed by atoms with Gasteiger partial charge in [-0.15, -0.1) is 0 Å². The van der Waals surface area contributed by atoms with E-state index in [0.717, 1.165) is 17.0 Å². The fourth-order valence-electron chi connectivity index (χ4n) is 2.98. The van der Waals surface area contributed by atoms with E-state index in [4.69, 9.17) is 11.6 Å². The van der Waals surface area contributed by atoms with Gasteiger partial charge in [0, 0.05) is 23.5 Å². The van der Waals surface area contributed by atoms with Crippen molar-refractivity contribution in [2.45, 2.75) is 32.7 Å². The summed E-state index contributed by atoms with van der Waals surface area (Å²) in [6.07, 6.45) is 5.63. The molecule has 3 aromatic rings. The summed E-state index contributed by atoms with van der Waals surface area (Å²) in [7, 11) is 0. The predicted molar refractivity (Wildman–Crippen MR) is 95.6 cm³/mol. The van der Waals surface area contributed by atoms with Crippen LogP contribution in [0.4, 0.5) is 0 Å². The van der Waals surface area contributed by atoms with Gasteiger partial charge in [-0.1, -0.05) is 11.6 Å². The van der Waals surface area contributed by atoms with E-state index in [-0.39, 0.29) is 11.9 Å². The van der Waals surface area contributed by atoms with Gasteiger partial charge in [-0.2, -0.15) is 0 Å². The molecule has 0 aliphatic heterocycles. The third kappa shape index (κ3) is 3.09. The van der Waals surface area contributed by atoms with Gasteiger partial charge in [0.2, 0.25) is 0 Å². The van der Waals surface area contributed by atoms with E-state index in [2.05, 4.69) is 20.3 Å². The van der Waals surface area contributed by atoms with E-state index < -0.39 is 0 Å². The normalized spacial score (nSPS) is 15.3. The number of carbonyl (C=O) groups excluding carboxylic acids is 1. The molecule has 0 saturated heterocycles. The number of hydrogen-bond donors (Lipinski definition) is 1. The zero-order valence-electron chi connectivity index (χ0n) is 14.0. The van der Waals surface area contributed by atoms with Crippen LogP contribution in [0.3, 0.4) is 0 Å². The number of aromatic nitrogens is 4. The number of aryl methyl sites for hydroxylation is 1. The molecule has 25 heavy (non-hydrogen) atoms. The minimum absolute atomic E-state index is 0.160. The van der Waals surface area contributed by atoms with Crippen molar-refractivity contribution in [1.82, 2.24) is 24.7 Å². The molecule has 1 aliphatic carbocycles. The molecular weight excluding hydrogens is 338 g/mol. The number of imidazole rings is 1. The van der Waals surface area contributed by atoms with Gasteiger partial charge in [-0.3, -0.25) is 9.20 Å². The second-order valence-electron chi connectivity index (χ2n) is 6.54. The van der Waals surface area contributed by atoms with Crippen molar-refractivity contribution in [2.75, 3.05) is 0 Å². The summed E-state index contributed by atoms with van der Waals surface area (Å²) >= 11 is 5.99. The van der Waals surface area contributed by atoms with Gasteiger partial charge in [-0.25, -0.2) is 15.0 Å². The van der Waals surface area contributed by atoms with Gasteiger partial charge in [0.25, 0.3) is 5.91 Å². The fourth-order valence-corrected chi connectivity index (χ4v) is 3.15. The number of pyridine rings is 1. The Bertz CT molecular complexity index is 963. The summed E-state index contributed by atoms with van der Waals surface area (Å²) in [5.41, 5.74) is 3.42. The minimum atomic E-state index is -0.182. The summed E-state index contributed by atoms with van der Waals surface area (Å²) in [5, 5.41) is 3.44. The second kappa shape index (κ2) is 6.11. The second-order valence-corrected chi connectivity index (χ2v) is 6.92. The third-order valence-electron chi connectivity index (χ3n) is 4.62. The molecule has 0 aromatic carbocycles. The first-order valence-corrected chi connectivity index (χ1v) is 8.68. The van der Waals surface area contributed by atoms with Gasteiger partial charge >= 0.3 is 0 Å². The molecule has 7 heteroatoms. The van der Waals surface area contributed by atoms with Crippen LogP contribution >= 0.6 is 11.6 Å². The maximum Gasteiger partial charge on any atom is 0.274 e. The molecule has 0 unspecified atom stereocenters. The molecule has 3 aromatic heterocycles. The largest absolute Gasteiger partial charge is 0.348 e. The average molecular weight is 356 g/mol. The van der Waals surface area contributed by atoms with E-state index in [0.29, 0.717) is 22.4 Å². The summed E-state index contributed by atoms with van der Waals surface area (Å²) in [4.78, 5) is 25.6. The molecule has 1 aliphatic rings. The standard InChI is InChI=1S/C18H18ClN5O/c1-10-7-14(13-5-6-20-15(19)8-13)23-17-16(21-9-24(10)17)18(25)22-11(2)12-3-4-12/h5-9,11-12H,3-4H2,1-2H3,(H,22,25)/t11-/m0/s1. The van der Waals surface area contributed by atoms with Gasteiger partial charge in [-0.05, 0) is 50.8 Å². The Hall–Kier alpha value is -2.47. The molecular formula is C18H18ClN5O. The molecule has 1 N–H and O–H groups in total. The lowest BCUT2D eigenvalue weighted by atomic mass is 10.1. The first-order valence-electron chi connectivity index (χ1n) is 8.30. The number of amides is 1. The van der Waals surface area contributed by atoms with Crippen LogP contribution in [0.5, 0.6) is 0 Å². The maximum atomic E-state index is 12.6. The molecule has 0 radical (unpaired) electrons. The molecule has 1 atom stereocenters. The topological polar surface area (TPSA) is 72.2 Å². The molecule has 0 bridgehead atoms. The van der Waals surface area contributed by atoms with Crippen molar-refractivity contribution in [3.8, 4) is 11.3 Å². The zero-order chi connectivity index (χ0) is 17.6. The first-order chi connectivity index (χ1) is 12.0. The molecule has 0 spiro atoms. The smallest absolute Gasteiger partial charge is 0.274 e. The van der Waals surface area contributed by atoms with E-state index >= 15 is 0 Å². The Kier molecular flexibility index (Phi) is 3.92. The summed E-state index contributed by atoms with van der Waals surface area (Å²) in [6, 6.07) is 5.70. The van der Waals surface area contributed by atoms with Gasteiger partial charge in [0.05, 0.1) is 5.69 Å². The Morgan fingerprint density at radius 3 is 2.88 bits per heavy atom. The number of halogens is 1. The van der Waals surface area contributed by atoms with E-state index in [1.54, 1.807) is 18.6 Å². The first kappa shape index (κ1) is 16.0. The van der Waals surface area contributed by atoms with Crippen molar-refractivity contribution >= 4 is 23.2 Å². The predicted octanol–water partition coefficient (Wildman–Crippen LogP) is 3.28. The van der Waals surface area contributed by atoms with Crippen LogP contribution in [0.1, 0.15) is 35.9 Å². The number of rotatable bonds is 4. The minimum Gasteiger partial charge on any atom is -0.348 e. The fraction of sp³-hybridized carbons (Fsp3) is 0.333. The zero-order valence-corrected chi connectivity index (χ0v) is 14.8. The number of hydrogen-bond acceptors (Lipinski definition) is 4. The van der Waals surface area contributed by atoms with Crippen molar-refractivity contribution in [2.24, 2.45) is 5.92 Å². The highest BCUT2D eigenvalue weighted by molar-refractivity contribution is 6.29. The molecule has 1 fully saturated rings. The summed E-state index contributed by atoms with van der Waals surface area (Å²) in [5.74, 6) is 0.403. The van der Waals surface area contributed by atoms with Crippen LogP contribution < -0.4 is 5.32 Å². The van der Waals surface area contributed by atoms with Crippen LogP contribution in [0.15, 0.2) is 30.7 Å². The maximum absolute atomic E-state index is 12.6. The monoisotopic (exact) mass is 355 g/mol.